The molecular weight excluding hydrogens is 422 g/mol. The van der Waals surface area contributed by atoms with Crippen LogP contribution in [0, 0.1) is 29.6 Å². The minimum Gasteiger partial charge on any atom is -0.323 e. The van der Waals surface area contributed by atoms with Gasteiger partial charge in [0.15, 0.2) is 5.11 Å². The molecule has 0 bridgehead atoms. The molecule has 1 heterocycles. The van der Waals surface area contributed by atoms with E-state index in [9.17, 15) is 10.1 Å². The molecule has 4 nitrogen and oxygen atoms in total. The number of halogens is 1. The molecule has 1 unspecified atom stereocenters. The number of benzene rings is 1. The number of anilines is 1. The Balaban J connectivity index is 1.74. The molecule has 1 amide bonds. The number of aryl methyl sites for hydroxylation is 1. The number of fused-ring (bicyclic) bond motifs is 1. The van der Waals surface area contributed by atoms with Crippen LogP contribution < -0.4 is 10.6 Å². The van der Waals surface area contributed by atoms with Gasteiger partial charge in [0.1, 0.15) is 11.1 Å². The van der Waals surface area contributed by atoms with Gasteiger partial charge in [-0.25, -0.2) is 0 Å². The third-order valence-corrected chi connectivity index (χ3v) is 7.27. The number of nitrogens with zero attached hydrogens (tertiary/aromatic N) is 1. The molecule has 1 aliphatic rings. The van der Waals surface area contributed by atoms with E-state index in [2.05, 4.69) is 37.5 Å². The molecule has 0 fully saturated rings. The van der Waals surface area contributed by atoms with Crippen LogP contribution in [-0.2, 0) is 12.8 Å². The van der Waals surface area contributed by atoms with Gasteiger partial charge in [-0.1, -0.05) is 38.4 Å². The Morgan fingerprint density at radius 1 is 1.38 bits per heavy atom. The number of rotatable bonds is 2. The predicted octanol–water partition coefficient (Wildman–Crippen LogP) is 5.86. The summed E-state index contributed by atoms with van der Waals surface area (Å²) in [5, 5.41) is 16.8. The van der Waals surface area contributed by atoms with Crippen LogP contribution in [0.4, 0.5) is 5.00 Å². The molecule has 0 spiro atoms. The van der Waals surface area contributed by atoms with Crippen molar-refractivity contribution < 1.29 is 4.79 Å². The van der Waals surface area contributed by atoms with Gasteiger partial charge in [0.25, 0.3) is 5.91 Å². The second-order valence-electron chi connectivity index (χ2n) is 8.50. The molecule has 1 atom stereocenters. The highest BCUT2D eigenvalue weighted by atomic mass is 35.5. The van der Waals surface area contributed by atoms with Crippen LogP contribution in [0.2, 0.25) is 5.02 Å². The van der Waals surface area contributed by atoms with Crippen LogP contribution in [0.1, 0.15) is 59.1 Å². The van der Waals surface area contributed by atoms with Crippen molar-refractivity contribution >= 4 is 51.2 Å². The molecule has 29 heavy (non-hydrogen) atoms. The Hall–Kier alpha value is -1.94. The Morgan fingerprint density at radius 3 is 2.72 bits per heavy atom. The molecule has 1 aliphatic carbocycles. The average Bonchev–Trinajstić information content (AvgIpc) is 2.98. The molecule has 2 N–H and O–H groups in total. The molecule has 0 radical (unpaired) electrons. The van der Waals surface area contributed by atoms with Gasteiger partial charge in [-0.2, -0.15) is 5.26 Å². The normalized spacial score (nSPS) is 15.9. The van der Waals surface area contributed by atoms with E-state index in [1.807, 2.05) is 6.92 Å². The van der Waals surface area contributed by atoms with Crippen molar-refractivity contribution in [3.63, 3.8) is 0 Å². The SMILES string of the molecule is Cc1ccc(C(=O)NC(=S)Nc2sc3c(c2C#N)CCC(C(C)(C)C)C3)cc1Cl. The Bertz CT molecular complexity index is 1010. The maximum Gasteiger partial charge on any atom is 0.257 e. The van der Waals surface area contributed by atoms with Crippen LogP contribution in [0.15, 0.2) is 18.2 Å². The second kappa shape index (κ2) is 8.43. The lowest BCUT2D eigenvalue weighted by Gasteiger charge is -2.33. The smallest absolute Gasteiger partial charge is 0.257 e. The number of thiocarbonyl (C=S) groups is 1. The topological polar surface area (TPSA) is 64.9 Å². The van der Waals surface area contributed by atoms with Crippen molar-refractivity contribution in [2.24, 2.45) is 11.3 Å². The quantitative estimate of drug-likeness (QED) is 0.568. The third-order valence-electron chi connectivity index (χ3n) is 5.49. The number of hydrogen-bond donors (Lipinski definition) is 2. The number of thiophene rings is 1. The molecule has 2 aromatic rings. The van der Waals surface area contributed by atoms with Gasteiger partial charge >= 0.3 is 0 Å². The second-order valence-corrected chi connectivity index (χ2v) is 10.4. The summed E-state index contributed by atoms with van der Waals surface area (Å²) in [5.74, 6) is 0.253. The van der Waals surface area contributed by atoms with E-state index < -0.39 is 0 Å². The van der Waals surface area contributed by atoms with Gasteiger partial charge < -0.3 is 5.32 Å². The fourth-order valence-corrected chi connectivity index (χ4v) is 5.30. The molecule has 1 aromatic heterocycles. The molecule has 3 rings (SSSR count). The molecule has 7 heteroatoms. The maximum absolute atomic E-state index is 12.5. The lowest BCUT2D eigenvalue weighted by Crippen LogP contribution is -2.34. The van der Waals surface area contributed by atoms with E-state index in [1.54, 1.807) is 29.5 Å². The average molecular weight is 446 g/mol. The van der Waals surface area contributed by atoms with Crippen LogP contribution in [0.5, 0.6) is 0 Å². The first-order valence-corrected chi connectivity index (χ1v) is 11.1. The van der Waals surface area contributed by atoms with Crippen LogP contribution in [-0.4, -0.2) is 11.0 Å². The molecule has 152 valence electrons. The van der Waals surface area contributed by atoms with Crippen LogP contribution in [0.3, 0.4) is 0 Å². The van der Waals surface area contributed by atoms with E-state index in [-0.39, 0.29) is 16.4 Å². The number of hydrogen-bond acceptors (Lipinski definition) is 4. The molecule has 1 aromatic carbocycles. The highest BCUT2D eigenvalue weighted by Crippen LogP contribution is 2.43. The fourth-order valence-electron chi connectivity index (χ4n) is 3.58. The Labute approximate surface area is 186 Å². The summed E-state index contributed by atoms with van der Waals surface area (Å²) in [6.45, 7) is 8.68. The van der Waals surface area contributed by atoms with Crippen LogP contribution in [0.25, 0.3) is 0 Å². The van der Waals surface area contributed by atoms with Gasteiger partial charge in [-0.15, -0.1) is 11.3 Å². The number of carbonyl (C=O) groups excluding carboxylic acids is 1. The number of carbonyl (C=O) groups is 1. The van der Waals surface area contributed by atoms with Crippen molar-refractivity contribution in [2.75, 3.05) is 5.32 Å². The van der Waals surface area contributed by atoms with E-state index in [0.717, 1.165) is 30.4 Å². The highest BCUT2D eigenvalue weighted by molar-refractivity contribution is 7.80. The number of nitrogens with one attached hydrogen (secondary N) is 2. The van der Waals surface area contributed by atoms with Crippen molar-refractivity contribution in [3.05, 3.63) is 50.4 Å². The molecule has 0 aliphatic heterocycles. The van der Waals surface area contributed by atoms with Gasteiger partial charge in [0, 0.05) is 15.5 Å². The summed E-state index contributed by atoms with van der Waals surface area (Å²) < 4.78 is 0. The summed E-state index contributed by atoms with van der Waals surface area (Å²) in [4.78, 5) is 13.7. The highest BCUT2D eigenvalue weighted by Gasteiger charge is 2.32. The van der Waals surface area contributed by atoms with Gasteiger partial charge in [-0.05, 0) is 73.0 Å². The zero-order valence-electron chi connectivity index (χ0n) is 17.0. The van der Waals surface area contributed by atoms with Gasteiger partial charge in [0.2, 0.25) is 0 Å². The first-order chi connectivity index (χ1) is 13.6. The number of nitriles is 1. The number of amides is 1. The summed E-state index contributed by atoms with van der Waals surface area (Å²) in [7, 11) is 0. The van der Waals surface area contributed by atoms with E-state index >= 15 is 0 Å². The standard InChI is InChI=1S/C22H24ClN3OS2/c1-12-5-6-13(9-17(12)23)19(27)25-21(28)26-20-16(11-24)15-8-7-14(22(2,3)4)10-18(15)29-20/h5-6,9,14H,7-8,10H2,1-4H3,(H2,25,26,27,28). The Morgan fingerprint density at radius 2 is 2.10 bits per heavy atom. The Kier molecular flexibility index (Phi) is 6.33. The van der Waals surface area contributed by atoms with Crippen molar-refractivity contribution in [1.29, 1.82) is 5.26 Å². The van der Waals surface area contributed by atoms with Gasteiger partial charge in [0.05, 0.1) is 5.56 Å². The van der Waals surface area contributed by atoms with E-state index in [1.165, 1.54) is 4.88 Å². The minimum absolute atomic E-state index is 0.175. The minimum atomic E-state index is -0.336. The summed E-state index contributed by atoms with van der Waals surface area (Å²) in [6.07, 6.45) is 2.96. The third kappa shape index (κ3) is 4.80. The summed E-state index contributed by atoms with van der Waals surface area (Å²) in [6, 6.07) is 7.43. The zero-order valence-corrected chi connectivity index (χ0v) is 19.4. The summed E-state index contributed by atoms with van der Waals surface area (Å²) in [5.41, 5.74) is 3.34. The largest absolute Gasteiger partial charge is 0.323 e. The zero-order chi connectivity index (χ0) is 21.3. The predicted molar refractivity (Wildman–Crippen MR) is 124 cm³/mol. The van der Waals surface area contributed by atoms with Crippen molar-refractivity contribution in [3.8, 4) is 6.07 Å². The molecule has 0 saturated carbocycles. The van der Waals surface area contributed by atoms with E-state index in [4.69, 9.17) is 23.8 Å². The molecule has 0 saturated heterocycles. The first kappa shape index (κ1) is 21.8. The van der Waals surface area contributed by atoms with Crippen molar-refractivity contribution in [2.45, 2.75) is 47.0 Å². The van der Waals surface area contributed by atoms with Crippen molar-refractivity contribution in [1.82, 2.24) is 5.32 Å². The summed E-state index contributed by atoms with van der Waals surface area (Å²) >= 11 is 13.0. The lowest BCUT2D eigenvalue weighted by atomic mass is 9.72. The maximum atomic E-state index is 12.5. The van der Waals surface area contributed by atoms with Crippen LogP contribution >= 0.6 is 35.2 Å². The molecular formula is C22H24ClN3OS2. The first-order valence-electron chi connectivity index (χ1n) is 9.53. The lowest BCUT2D eigenvalue weighted by molar-refractivity contribution is 0.0977. The monoisotopic (exact) mass is 445 g/mol. The van der Waals surface area contributed by atoms with E-state index in [0.29, 0.717) is 27.1 Å². The fraction of sp³-hybridized carbons (Fsp3) is 0.409. The van der Waals surface area contributed by atoms with Gasteiger partial charge in [-0.3, -0.25) is 10.1 Å².